The summed E-state index contributed by atoms with van der Waals surface area (Å²) in [6.45, 7) is 1.01. The molecule has 0 aromatic heterocycles. The van der Waals surface area contributed by atoms with Gasteiger partial charge in [-0.2, -0.15) is 0 Å². The van der Waals surface area contributed by atoms with E-state index < -0.39 is 35.4 Å². The zero-order valence-electron chi connectivity index (χ0n) is 20.8. The van der Waals surface area contributed by atoms with Crippen molar-refractivity contribution in [1.82, 2.24) is 5.32 Å². The maximum atomic E-state index is 12.7. The monoisotopic (exact) mass is 535 g/mol. The number of hydrogen-bond acceptors (Lipinski definition) is 8. The summed E-state index contributed by atoms with van der Waals surface area (Å²) in [7, 11) is 0. The van der Waals surface area contributed by atoms with E-state index in [4.69, 9.17) is 9.84 Å². The normalized spacial score (nSPS) is 18.8. The maximum absolute atomic E-state index is 12.7. The number of aliphatic hydroxyl groups is 2. The van der Waals surface area contributed by atoms with E-state index in [2.05, 4.69) is 17.4 Å². The molecule has 1 aliphatic rings. The average Bonchev–Trinajstić information content (AvgIpc) is 2.97. The van der Waals surface area contributed by atoms with Gasteiger partial charge >= 0.3 is 23.5 Å². The number of carboxylic acids is 2. The van der Waals surface area contributed by atoms with Crippen LogP contribution >= 0.6 is 0 Å². The van der Waals surface area contributed by atoms with E-state index in [9.17, 15) is 34.5 Å². The highest BCUT2D eigenvalue weighted by Gasteiger charge is 2.59. The summed E-state index contributed by atoms with van der Waals surface area (Å²) in [6, 6.07) is 24.2. The standard InChI is InChI=1S/C18H14O8.C11H15NO/c19-13(11-7-3-1-4-8-11)18(17(24)25,14(20)15(21)22)26-16(23)12-9-5-2-6-10-12;13-10-7-4-8-12-11(10)9-5-2-1-3-6-9/h1-10,14,20H,(H,21,22)(H,24,25);1-3,5-6,10-13H,4,7-8H2. The number of nitrogens with one attached hydrogen (secondary N) is 1. The molecule has 5 N–H and O–H groups in total. The van der Waals surface area contributed by atoms with Gasteiger partial charge in [0, 0.05) is 5.56 Å². The third-order valence-corrected chi connectivity index (χ3v) is 6.16. The molecule has 0 aliphatic carbocycles. The van der Waals surface area contributed by atoms with Gasteiger partial charge in [-0.05, 0) is 37.1 Å². The summed E-state index contributed by atoms with van der Waals surface area (Å²) in [5.41, 5.74) is -2.51. The molecule has 204 valence electrons. The van der Waals surface area contributed by atoms with Crippen LogP contribution < -0.4 is 5.32 Å². The topological polar surface area (TPSA) is 170 Å². The molecule has 3 aromatic rings. The summed E-state index contributed by atoms with van der Waals surface area (Å²) in [5.74, 6) is -6.77. The molecule has 4 unspecified atom stereocenters. The number of ketones is 1. The van der Waals surface area contributed by atoms with Gasteiger partial charge in [0.05, 0.1) is 17.7 Å². The fourth-order valence-electron chi connectivity index (χ4n) is 4.11. The first-order valence-electron chi connectivity index (χ1n) is 12.2. The summed E-state index contributed by atoms with van der Waals surface area (Å²) in [5, 5.41) is 41.7. The molecule has 0 spiro atoms. The van der Waals surface area contributed by atoms with Crippen LogP contribution in [0.1, 0.15) is 45.2 Å². The number of piperidine rings is 1. The van der Waals surface area contributed by atoms with E-state index in [0.29, 0.717) is 0 Å². The fraction of sp³-hybridized carbons (Fsp3) is 0.241. The van der Waals surface area contributed by atoms with Gasteiger partial charge in [-0.25, -0.2) is 14.4 Å². The van der Waals surface area contributed by atoms with Gasteiger partial charge in [-0.3, -0.25) is 4.79 Å². The number of carboxylic acid groups (broad SMARTS) is 2. The van der Waals surface area contributed by atoms with Crippen LogP contribution in [0.4, 0.5) is 0 Å². The Morgan fingerprint density at radius 2 is 1.33 bits per heavy atom. The third kappa shape index (κ3) is 6.94. The quantitative estimate of drug-likeness (QED) is 0.164. The van der Waals surface area contributed by atoms with Gasteiger partial charge in [0.15, 0.2) is 0 Å². The highest BCUT2D eigenvalue weighted by atomic mass is 16.6. The molecular weight excluding hydrogens is 506 g/mol. The largest absolute Gasteiger partial charge is 0.479 e. The van der Waals surface area contributed by atoms with Crippen molar-refractivity contribution in [3.8, 4) is 0 Å². The molecule has 1 aliphatic heterocycles. The molecule has 10 heteroatoms. The maximum Gasteiger partial charge on any atom is 0.360 e. The average molecular weight is 536 g/mol. The minimum atomic E-state index is -3.35. The number of aliphatic hydroxyl groups excluding tert-OH is 2. The Morgan fingerprint density at radius 1 is 0.821 bits per heavy atom. The summed E-state index contributed by atoms with van der Waals surface area (Å²) in [4.78, 5) is 48.1. The number of Topliss-reactive ketones (excluding diaryl/α,β-unsaturated/α-hetero) is 1. The van der Waals surface area contributed by atoms with Crippen LogP contribution in [0.3, 0.4) is 0 Å². The van der Waals surface area contributed by atoms with Crippen molar-refractivity contribution in [1.29, 1.82) is 0 Å². The predicted octanol–water partition coefficient (Wildman–Crippen LogP) is 2.47. The van der Waals surface area contributed by atoms with Crippen LogP contribution in [0.15, 0.2) is 91.0 Å². The molecule has 0 amide bonds. The minimum Gasteiger partial charge on any atom is -0.479 e. The van der Waals surface area contributed by atoms with Crippen molar-refractivity contribution in [2.24, 2.45) is 0 Å². The van der Waals surface area contributed by atoms with Crippen LogP contribution in [0.2, 0.25) is 0 Å². The van der Waals surface area contributed by atoms with Gasteiger partial charge in [0.2, 0.25) is 11.9 Å². The highest BCUT2D eigenvalue weighted by Crippen LogP contribution is 2.26. The van der Waals surface area contributed by atoms with Gasteiger partial charge < -0.3 is 30.5 Å². The Labute approximate surface area is 224 Å². The van der Waals surface area contributed by atoms with E-state index in [0.717, 1.165) is 19.4 Å². The number of aliphatic carboxylic acids is 2. The molecule has 1 heterocycles. The summed E-state index contributed by atoms with van der Waals surface area (Å²) < 4.78 is 4.81. The molecule has 4 rings (SSSR count). The molecule has 0 saturated carbocycles. The van der Waals surface area contributed by atoms with Gasteiger partial charge in [-0.1, -0.05) is 78.9 Å². The Balaban J connectivity index is 0.000000268. The lowest BCUT2D eigenvalue weighted by molar-refractivity contribution is -0.176. The van der Waals surface area contributed by atoms with E-state index in [1.54, 1.807) is 12.1 Å². The molecule has 3 aromatic carbocycles. The molecule has 10 nitrogen and oxygen atoms in total. The van der Waals surface area contributed by atoms with Crippen LogP contribution in [0.5, 0.6) is 0 Å². The lowest BCUT2D eigenvalue weighted by Crippen LogP contribution is -2.61. The predicted molar refractivity (Wildman–Crippen MR) is 139 cm³/mol. The first-order valence-corrected chi connectivity index (χ1v) is 12.2. The Hall–Kier alpha value is -4.38. The number of carbonyl (C=O) groups excluding carboxylic acids is 2. The molecule has 0 radical (unpaired) electrons. The summed E-state index contributed by atoms with van der Waals surface area (Å²) >= 11 is 0. The Bertz CT molecular complexity index is 1270. The van der Waals surface area contributed by atoms with E-state index in [1.165, 1.54) is 54.1 Å². The Morgan fingerprint density at radius 3 is 1.82 bits per heavy atom. The molecule has 39 heavy (non-hydrogen) atoms. The smallest absolute Gasteiger partial charge is 0.360 e. The minimum absolute atomic E-state index is 0.114. The van der Waals surface area contributed by atoms with Crippen molar-refractivity contribution in [3.05, 3.63) is 108 Å². The van der Waals surface area contributed by atoms with Crippen molar-refractivity contribution >= 4 is 23.7 Å². The van der Waals surface area contributed by atoms with Crippen LogP contribution in [-0.4, -0.2) is 68.5 Å². The van der Waals surface area contributed by atoms with Crippen molar-refractivity contribution in [2.75, 3.05) is 6.54 Å². The lowest BCUT2D eigenvalue weighted by atomic mass is 9.87. The van der Waals surface area contributed by atoms with Crippen molar-refractivity contribution < 1.29 is 44.3 Å². The lowest BCUT2D eigenvalue weighted by Gasteiger charge is -2.30. The SMILES string of the molecule is O=C(OC(C(=O)O)(C(=O)c1ccccc1)C(O)C(=O)O)c1ccccc1.OC1CCCNC1c1ccccc1. The second-order valence-electron chi connectivity index (χ2n) is 8.78. The number of rotatable bonds is 8. The van der Waals surface area contributed by atoms with E-state index >= 15 is 0 Å². The molecule has 0 bridgehead atoms. The highest BCUT2D eigenvalue weighted by molar-refractivity contribution is 6.19. The number of esters is 1. The second kappa shape index (κ2) is 13.4. The number of hydrogen-bond donors (Lipinski definition) is 5. The first-order chi connectivity index (χ1) is 18.7. The third-order valence-electron chi connectivity index (χ3n) is 6.16. The van der Waals surface area contributed by atoms with Gasteiger partial charge in [0.1, 0.15) is 0 Å². The zero-order chi connectivity index (χ0) is 28.4. The first kappa shape index (κ1) is 29.2. The van der Waals surface area contributed by atoms with Crippen LogP contribution in [0.25, 0.3) is 0 Å². The Kier molecular flexibility index (Phi) is 10.0. The van der Waals surface area contributed by atoms with Gasteiger partial charge in [0.25, 0.3) is 0 Å². The summed E-state index contributed by atoms with van der Waals surface area (Å²) in [6.07, 6.45) is -1.06. The van der Waals surface area contributed by atoms with Crippen molar-refractivity contribution in [3.63, 3.8) is 0 Å². The molecule has 1 fully saturated rings. The molecular formula is C29H29NO9. The second-order valence-corrected chi connectivity index (χ2v) is 8.78. The number of ether oxygens (including phenoxy) is 1. The number of benzene rings is 3. The van der Waals surface area contributed by atoms with E-state index in [1.807, 2.05) is 18.2 Å². The van der Waals surface area contributed by atoms with Crippen molar-refractivity contribution in [2.45, 2.75) is 36.7 Å². The zero-order valence-corrected chi connectivity index (χ0v) is 20.8. The molecule has 4 atom stereocenters. The van der Waals surface area contributed by atoms with E-state index in [-0.39, 0.29) is 23.3 Å². The molecule has 1 saturated heterocycles. The number of carbonyl (C=O) groups is 4. The fourth-order valence-corrected chi connectivity index (χ4v) is 4.11. The van der Waals surface area contributed by atoms with Gasteiger partial charge in [-0.15, -0.1) is 0 Å². The van der Waals surface area contributed by atoms with Crippen LogP contribution in [-0.2, 0) is 14.3 Å². The van der Waals surface area contributed by atoms with Crippen LogP contribution in [0, 0.1) is 0 Å².